The number of nitrogens with zero attached hydrogens (tertiary/aromatic N) is 1. The number of piperidine rings is 1. The molecule has 1 aliphatic rings. The largest absolute Gasteiger partial charge is 0.497 e. The number of carbonyl (C=O) groups is 2. The van der Waals surface area contributed by atoms with Crippen LogP contribution in [0.2, 0.25) is 0 Å². The van der Waals surface area contributed by atoms with Crippen molar-refractivity contribution in [2.24, 2.45) is 5.92 Å². The molecule has 7 nitrogen and oxygen atoms in total. The van der Waals surface area contributed by atoms with Gasteiger partial charge in [-0.05, 0) is 49.2 Å². The Morgan fingerprint density at radius 2 is 1.70 bits per heavy atom. The maximum Gasteiger partial charge on any atom is 0.321 e. The minimum atomic E-state index is -0.790. The molecular weight excluding hydrogens is 348 g/mol. The fourth-order valence-corrected chi connectivity index (χ4v) is 2.94. The smallest absolute Gasteiger partial charge is 0.321 e. The van der Waals surface area contributed by atoms with Crippen molar-refractivity contribution < 1.29 is 24.2 Å². The number of carboxylic acids is 1. The summed E-state index contributed by atoms with van der Waals surface area (Å²) in [4.78, 5) is 24.9. The zero-order chi connectivity index (χ0) is 19.2. The van der Waals surface area contributed by atoms with Crippen molar-refractivity contribution >= 4 is 17.7 Å². The number of benzene rings is 2. The van der Waals surface area contributed by atoms with E-state index in [1.165, 1.54) is 0 Å². The van der Waals surface area contributed by atoms with E-state index in [0.717, 1.165) is 0 Å². The van der Waals surface area contributed by atoms with Crippen LogP contribution in [0.1, 0.15) is 12.8 Å². The molecule has 2 N–H and O–H groups in total. The first-order chi connectivity index (χ1) is 13.0. The molecule has 2 aromatic rings. The van der Waals surface area contributed by atoms with Crippen LogP contribution in [0.4, 0.5) is 10.5 Å². The molecule has 7 heteroatoms. The summed E-state index contributed by atoms with van der Waals surface area (Å²) in [5.41, 5.74) is 0.651. The lowest BCUT2D eigenvalue weighted by Crippen LogP contribution is -2.42. The molecule has 1 fully saturated rings. The van der Waals surface area contributed by atoms with Crippen molar-refractivity contribution in [3.05, 3.63) is 48.5 Å². The Morgan fingerprint density at radius 1 is 1.04 bits per heavy atom. The van der Waals surface area contributed by atoms with E-state index in [9.17, 15) is 9.59 Å². The number of likely N-dealkylation sites (tertiary alicyclic amines) is 1. The molecule has 0 aliphatic carbocycles. The summed E-state index contributed by atoms with van der Waals surface area (Å²) < 4.78 is 10.9. The predicted octanol–water partition coefficient (Wildman–Crippen LogP) is 3.82. The van der Waals surface area contributed by atoms with Gasteiger partial charge in [-0.2, -0.15) is 0 Å². The molecule has 3 rings (SSSR count). The van der Waals surface area contributed by atoms with Crippen molar-refractivity contribution in [3.63, 3.8) is 0 Å². The van der Waals surface area contributed by atoms with E-state index < -0.39 is 5.97 Å². The van der Waals surface area contributed by atoms with Gasteiger partial charge in [0.15, 0.2) is 0 Å². The van der Waals surface area contributed by atoms with Gasteiger partial charge in [-0.15, -0.1) is 0 Å². The Morgan fingerprint density at radius 3 is 2.33 bits per heavy atom. The van der Waals surface area contributed by atoms with Gasteiger partial charge in [0.1, 0.15) is 17.2 Å². The number of aliphatic carboxylic acids is 1. The molecule has 0 unspecified atom stereocenters. The topological polar surface area (TPSA) is 88.1 Å². The quantitative estimate of drug-likeness (QED) is 0.835. The van der Waals surface area contributed by atoms with Gasteiger partial charge in [-0.1, -0.05) is 6.07 Å². The summed E-state index contributed by atoms with van der Waals surface area (Å²) in [7, 11) is 1.60. The van der Waals surface area contributed by atoms with E-state index in [1.54, 1.807) is 42.3 Å². The summed E-state index contributed by atoms with van der Waals surface area (Å²) in [6.07, 6.45) is 0.964. The SMILES string of the molecule is COc1cccc(Oc2ccc(NC(=O)N3CCC(C(=O)O)CC3)cc2)c1. The van der Waals surface area contributed by atoms with E-state index in [0.29, 0.717) is 48.9 Å². The third-order valence-corrected chi connectivity index (χ3v) is 4.51. The first-order valence-electron chi connectivity index (χ1n) is 8.76. The number of amides is 2. The third kappa shape index (κ3) is 4.91. The number of urea groups is 1. The lowest BCUT2D eigenvalue weighted by Gasteiger charge is -2.30. The van der Waals surface area contributed by atoms with E-state index >= 15 is 0 Å². The Kier molecular flexibility index (Phi) is 5.80. The number of hydrogen-bond donors (Lipinski definition) is 2. The normalized spacial score (nSPS) is 14.5. The number of hydrogen-bond acceptors (Lipinski definition) is 4. The number of ether oxygens (including phenoxy) is 2. The third-order valence-electron chi connectivity index (χ3n) is 4.51. The van der Waals surface area contributed by atoms with Crippen LogP contribution >= 0.6 is 0 Å². The maximum absolute atomic E-state index is 12.3. The van der Waals surface area contributed by atoms with Crippen LogP contribution in [0.3, 0.4) is 0 Å². The van der Waals surface area contributed by atoms with Crippen molar-refractivity contribution in [3.8, 4) is 17.2 Å². The molecule has 27 heavy (non-hydrogen) atoms. The van der Waals surface area contributed by atoms with Gasteiger partial charge in [0.2, 0.25) is 0 Å². The standard InChI is InChI=1S/C20H22N2O5/c1-26-17-3-2-4-18(13-17)27-16-7-5-15(6-8-16)21-20(25)22-11-9-14(10-12-22)19(23)24/h2-8,13-14H,9-12H2,1H3,(H,21,25)(H,23,24). The van der Waals surface area contributed by atoms with Crippen LogP contribution in [0, 0.1) is 5.92 Å². The van der Waals surface area contributed by atoms with Crippen LogP contribution in [-0.4, -0.2) is 42.2 Å². The Bertz CT molecular complexity index is 798. The first-order valence-corrected chi connectivity index (χ1v) is 8.76. The average molecular weight is 370 g/mol. The van der Waals surface area contributed by atoms with Crippen LogP contribution in [0.25, 0.3) is 0 Å². The first kappa shape index (κ1) is 18.6. The zero-order valence-electron chi connectivity index (χ0n) is 15.1. The minimum Gasteiger partial charge on any atom is -0.497 e. The maximum atomic E-state index is 12.3. The van der Waals surface area contributed by atoms with Gasteiger partial charge in [0, 0.05) is 24.8 Å². The van der Waals surface area contributed by atoms with Crippen molar-refractivity contribution in [1.82, 2.24) is 4.90 Å². The molecule has 142 valence electrons. The molecule has 0 radical (unpaired) electrons. The van der Waals surface area contributed by atoms with E-state index in [1.807, 2.05) is 18.2 Å². The highest BCUT2D eigenvalue weighted by Crippen LogP contribution is 2.26. The highest BCUT2D eigenvalue weighted by atomic mass is 16.5. The molecule has 2 amide bonds. The van der Waals surface area contributed by atoms with Crippen molar-refractivity contribution in [2.45, 2.75) is 12.8 Å². The molecule has 0 saturated carbocycles. The Labute approximate surface area is 157 Å². The van der Waals surface area contributed by atoms with E-state index in [4.69, 9.17) is 14.6 Å². The Hall–Kier alpha value is -3.22. The fraction of sp³-hybridized carbons (Fsp3) is 0.300. The summed E-state index contributed by atoms with van der Waals surface area (Å²) in [6.45, 7) is 0.889. The van der Waals surface area contributed by atoms with Crippen LogP contribution in [0.15, 0.2) is 48.5 Å². The second-order valence-corrected chi connectivity index (χ2v) is 6.34. The summed E-state index contributed by atoms with van der Waals surface area (Å²) >= 11 is 0. The van der Waals surface area contributed by atoms with Crippen LogP contribution in [0.5, 0.6) is 17.2 Å². The van der Waals surface area contributed by atoms with Gasteiger partial charge < -0.3 is 24.8 Å². The fourth-order valence-electron chi connectivity index (χ4n) is 2.94. The zero-order valence-corrected chi connectivity index (χ0v) is 15.1. The Balaban J connectivity index is 1.54. The summed E-state index contributed by atoms with van der Waals surface area (Å²) in [5.74, 6) is 0.864. The number of carboxylic acid groups (broad SMARTS) is 1. The number of anilines is 1. The molecule has 0 aromatic heterocycles. The minimum absolute atomic E-state index is 0.222. The summed E-state index contributed by atoms with van der Waals surface area (Å²) in [6, 6.07) is 14.1. The number of rotatable bonds is 5. The highest BCUT2D eigenvalue weighted by molar-refractivity contribution is 5.89. The van der Waals surface area contributed by atoms with Gasteiger partial charge in [0.25, 0.3) is 0 Å². The summed E-state index contributed by atoms with van der Waals surface area (Å²) in [5, 5.41) is 11.9. The van der Waals surface area contributed by atoms with Crippen molar-refractivity contribution in [1.29, 1.82) is 0 Å². The number of methoxy groups -OCH3 is 1. The second-order valence-electron chi connectivity index (χ2n) is 6.34. The monoisotopic (exact) mass is 370 g/mol. The van der Waals surface area contributed by atoms with Gasteiger partial charge >= 0.3 is 12.0 Å². The molecule has 0 spiro atoms. The van der Waals surface area contributed by atoms with Crippen molar-refractivity contribution in [2.75, 3.05) is 25.5 Å². The highest BCUT2D eigenvalue weighted by Gasteiger charge is 2.26. The average Bonchev–Trinajstić information content (AvgIpc) is 2.69. The number of carbonyl (C=O) groups excluding carboxylic acids is 1. The lowest BCUT2D eigenvalue weighted by molar-refractivity contribution is -0.143. The van der Waals surface area contributed by atoms with E-state index in [-0.39, 0.29) is 11.9 Å². The molecule has 0 bridgehead atoms. The van der Waals surface area contributed by atoms with Crippen LogP contribution < -0.4 is 14.8 Å². The molecule has 1 heterocycles. The number of nitrogens with one attached hydrogen (secondary N) is 1. The predicted molar refractivity (Wildman–Crippen MR) is 100 cm³/mol. The van der Waals surface area contributed by atoms with Gasteiger partial charge in [-0.3, -0.25) is 4.79 Å². The molecule has 1 saturated heterocycles. The van der Waals surface area contributed by atoms with E-state index in [2.05, 4.69) is 5.32 Å². The molecule has 2 aromatic carbocycles. The molecule has 1 aliphatic heterocycles. The molecular formula is C20H22N2O5. The second kappa shape index (κ2) is 8.44. The lowest BCUT2D eigenvalue weighted by atomic mass is 9.97. The molecule has 0 atom stereocenters. The van der Waals surface area contributed by atoms with Crippen LogP contribution in [-0.2, 0) is 4.79 Å². The van der Waals surface area contributed by atoms with Gasteiger partial charge in [-0.25, -0.2) is 4.79 Å². The van der Waals surface area contributed by atoms with Gasteiger partial charge in [0.05, 0.1) is 13.0 Å².